The van der Waals surface area contributed by atoms with E-state index in [2.05, 4.69) is 42.9 Å². The molecular weight excluding hydrogens is 278 g/mol. The van der Waals surface area contributed by atoms with Gasteiger partial charge in [0, 0.05) is 18.4 Å². The lowest BCUT2D eigenvalue weighted by molar-refractivity contribution is 0.444. The summed E-state index contributed by atoms with van der Waals surface area (Å²) in [5.74, 6) is 1.86. The molecule has 0 saturated carbocycles. The fourth-order valence-corrected chi connectivity index (χ4v) is 3.04. The molecule has 1 aromatic heterocycles. The van der Waals surface area contributed by atoms with E-state index in [1.807, 2.05) is 12.1 Å². The summed E-state index contributed by atoms with van der Waals surface area (Å²) in [6, 6.07) is 8.21. The monoisotopic (exact) mass is 293 g/mol. The van der Waals surface area contributed by atoms with Crippen LogP contribution >= 0.6 is 15.9 Å². The van der Waals surface area contributed by atoms with Crippen LogP contribution < -0.4 is 4.90 Å². The second-order valence-electron chi connectivity index (χ2n) is 4.66. The minimum Gasteiger partial charge on any atom is -0.342 e. The Morgan fingerprint density at radius 3 is 2.76 bits per heavy atom. The maximum absolute atomic E-state index is 4.65. The van der Waals surface area contributed by atoms with E-state index in [-0.39, 0.29) is 0 Å². The number of aromatic nitrogens is 2. The normalized spacial score (nSPS) is 17.8. The van der Waals surface area contributed by atoms with Crippen molar-refractivity contribution in [1.29, 1.82) is 0 Å². The van der Waals surface area contributed by atoms with E-state index in [1.165, 1.54) is 12.8 Å². The molecule has 0 spiro atoms. The largest absolute Gasteiger partial charge is 0.342 e. The first-order chi connectivity index (χ1) is 8.36. The van der Waals surface area contributed by atoms with Crippen LogP contribution in [-0.2, 0) is 0 Å². The van der Waals surface area contributed by atoms with Crippen LogP contribution in [0, 0.1) is 5.92 Å². The second-order valence-corrected chi connectivity index (χ2v) is 5.31. The first-order valence-electron chi connectivity index (χ1n) is 6.12. The van der Waals surface area contributed by atoms with Gasteiger partial charge in [0.25, 0.3) is 0 Å². The Bertz CT molecular complexity index is 467. The molecule has 17 heavy (non-hydrogen) atoms. The Balaban J connectivity index is 1.80. The molecule has 90 valence electrons. The van der Waals surface area contributed by atoms with Gasteiger partial charge in [-0.1, -0.05) is 28.1 Å². The van der Waals surface area contributed by atoms with Crippen LogP contribution in [0.5, 0.6) is 0 Å². The highest BCUT2D eigenvalue weighted by Gasteiger charge is 2.20. The summed E-state index contributed by atoms with van der Waals surface area (Å²) in [7, 11) is 0. The van der Waals surface area contributed by atoms with Gasteiger partial charge >= 0.3 is 0 Å². The Labute approximate surface area is 109 Å². The number of imidazole rings is 1. The predicted molar refractivity (Wildman–Crippen MR) is 74.8 cm³/mol. The van der Waals surface area contributed by atoms with Gasteiger partial charge in [-0.3, -0.25) is 0 Å². The zero-order chi connectivity index (χ0) is 11.7. The van der Waals surface area contributed by atoms with Crippen molar-refractivity contribution in [3.63, 3.8) is 0 Å². The summed E-state index contributed by atoms with van der Waals surface area (Å²) in [4.78, 5) is 10.4. The number of fused-ring (bicyclic) bond motifs is 1. The average molecular weight is 294 g/mol. The van der Waals surface area contributed by atoms with E-state index >= 15 is 0 Å². The molecule has 1 aromatic carbocycles. The third kappa shape index (κ3) is 2.18. The Hall–Kier alpha value is -1.03. The third-order valence-corrected chi connectivity index (χ3v) is 4.42. The highest BCUT2D eigenvalue weighted by atomic mass is 79.9. The minimum absolute atomic E-state index is 0.829. The first kappa shape index (κ1) is 11.1. The van der Waals surface area contributed by atoms with E-state index in [9.17, 15) is 0 Å². The fourth-order valence-electron chi connectivity index (χ4n) is 2.39. The van der Waals surface area contributed by atoms with Crippen molar-refractivity contribution in [3.8, 4) is 0 Å². The second kappa shape index (κ2) is 4.69. The highest BCUT2D eigenvalue weighted by Crippen LogP contribution is 2.24. The number of nitrogens with one attached hydrogen (secondary N) is 1. The number of anilines is 1. The summed E-state index contributed by atoms with van der Waals surface area (Å²) >= 11 is 3.57. The van der Waals surface area contributed by atoms with Crippen LogP contribution in [0.1, 0.15) is 12.8 Å². The number of para-hydroxylation sites is 2. The summed E-state index contributed by atoms with van der Waals surface area (Å²) in [5.41, 5.74) is 2.19. The van der Waals surface area contributed by atoms with Gasteiger partial charge in [0.1, 0.15) is 0 Å². The number of hydrogen-bond donors (Lipinski definition) is 1. The molecule has 1 N–H and O–H groups in total. The molecule has 1 aliphatic rings. The zero-order valence-electron chi connectivity index (χ0n) is 9.69. The van der Waals surface area contributed by atoms with Crippen molar-refractivity contribution < 1.29 is 0 Å². The van der Waals surface area contributed by atoms with Crippen molar-refractivity contribution >= 4 is 32.9 Å². The molecule has 2 heterocycles. The first-order valence-corrected chi connectivity index (χ1v) is 7.24. The van der Waals surface area contributed by atoms with Crippen molar-refractivity contribution in [2.45, 2.75) is 12.8 Å². The number of H-pyrrole nitrogens is 1. The van der Waals surface area contributed by atoms with Gasteiger partial charge in [-0.15, -0.1) is 0 Å². The molecule has 1 aliphatic heterocycles. The number of alkyl halides is 1. The van der Waals surface area contributed by atoms with E-state index in [0.29, 0.717) is 0 Å². The lowest BCUT2D eigenvalue weighted by Crippen LogP contribution is -2.34. The molecule has 3 rings (SSSR count). The number of piperidine rings is 1. The Morgan fingerprint density at radius 2 is 2.06 bits per heavy atom. The molecule has 1 fully saturated rings. The summed E-state index contributed by atoms with van der Waals surface area (Å²) in [6.07, 6.45) is 2.50. The van der Waals surface area contributed by atoms with Gasteiger partial charge in [-0.05, 0) is 30.9 Å². The molecule has 0 bridgehead atoms. The number of halogens is 1. The van der Waals surface area contributed by atoms with Gasteiger partial charge in [-0.2, -0.15) is 0 Å². The molecule has 4 heteroatoms. The van der Waals surface area contributed by atoms with Gasteiger partial charge in [0.05, 0.1) is 11.0 Å². The van der Waals surface area contributed by atoms with Crippen LogP contribution in [-0.4, -0.2) is 28.4 Å². The molecular formula is C13H16BrN3. The van der Waals surface area contributed by atoms with Crippen LogP contribution in [0.4, 0.5) is 5.95 Å². The van der Waals surface area contributed by atoms with Crippen LogP contribution in [0.15, 0.2) is 24.3 Å². The van der Waals surface area contributed by atoms with E-state index < -0.39 is 0 Å². The number of hydrogen-bond acceptors (Lipinski definition) is 2. The van der Waals surface area contributed by atoms with Crippen molar-refractivity contribution in [3.05, 3.63) is 24.3 Å². The van der Waals surface area contributed by atoms with Crippen molar-refractivity contribution in [2.75, 3.05) is 23.3 Å². The van der Waals surface area contributed by atoms with E-state index in [1.54, 1.807) is 0 Å². The number of benzene rings is 1. The zero-order valence-corrected chi connectivity index (χ0v) is 11.3. The Morgan fingerprint density at radius 1 is 1.29 bits per heavy atom. The van der Waals surface area contributed by atoms with Crippen molar-refractivity contribution in [2.24, 2.45) is 5.92 Å². The summed E-state index contributed by atoms with van der Waals surface area (Å²) in [6.45, 7) is 2.21. The fraction of sp³-hybridized carbons (Fsp3) is 0.462. The van der Waals surface area contributed by atoms with Crippen LogP contribution in [0.2, 0.25) is 0 Å². The quantitative estimate of drug-likeness (QED) is 0.863. The summed E-state index contributed by atoms with van der Waals surface area (Å²) in [5, 5.41) is 1.13. The van der Waals surface area contributed by atoms with Gasteiger partial charge in [-0.25, -0.2) is 4.98 Å². The smallest absolute Gasteiger partial charge is 0.203 e. The van der Waals surface area contributed by atoms with Crippen LogP contribution in [0.3, 0.4) is 0 Å². The maximum atomic E-state index is 4.65. The molecule has 0 atom stereocenters. The molecule has 0 radical (unpaired) electrons. The molecule has 1 saturated heterocycles. The summed E-state index contributed by atoms with van der Waals surface area (Å²) < 4.78 is 0. The lowest BCUT2D eigenvalue weighted by Gasteiger charge is -2.30. The minimum atomic E-state index is 0.829. The standard InChI is InChI=1S/C13H16BrN3/c14-9-10-5-7-17(8-6-10)13-15-11-3-1-2-4-12(11)16-13/h1-4,10H,5-9H2,(H,15,16). The molecule has 2 aromatic rings. The number of aromatic amines is 1. The predicted octanol–water partition coefficient (Wildman–Crippen LogP) is 3.17. The van der Waals surface area contributed by atoms with Crippen molar-refractivity contribution in [1.82, 2.24) is 9.97 Å². The van der Waals surface area contributed by atoms with Gasteiger partial charge < -0.3 is 9.88 Å². The molecule has 0 amide bonds. The molecule has 3 nitrogen and oxygen atoms in total. The van der Waals surface area contributed by atoms with E-state index in [4.69, 9.17) is 0 Å². The third-order valence-electron chi connectivity index (χ3n) is 3.51. The van der Waals surface area contributed by atoms with Crippen LogP contribution in [0.25, 0.3) is 11.0 Å². The molecule has 0 unspecified atom stereocenters. The average Bonchev–Trinajstić information content (AvgIpc) is 2.82. The maximum Gasteiger partial charge on any atom is 0.203 e. The lowest BCUT2D eigenvalue weighted by atomic mass is 10.00. The SMILES string of the molecule is BrCC1CCN(c2nc3ccccc3[nH]2)CC1. The van der Waals surface area contributed by atoms with Gasteiger partial charge in [0.2, 0.25) is 5.95 Å². The molecule has 0 aliphatic carbocycles. The Kier molecular flexibility index (Phi) is 3.05. The topological polar surface area (TPSA) is 31.9 Å². The number of rotatable bonds is 2. The highest BCUT2D eigenvalue weighted by molar-refractivity contribution is 9.09. The van der Waals surface area contributed by atoms with Gasteiger partial charge in [0.15, 0.2) is 0 Å². The number of nitrogens with zero attached hydrogens (tertiary/aromatic N) is 2. The van der Waals surface area contributed by atoms with E-state index in [0.717, 1.165) is 41.3 Å².